The third-order valence-electron chi connectivity index (χ3n) is 0. The van der Waals surface area contributed by atoms with Crippen LogP contribution in [0.2, 0.25) is 0 Å². The first kappa shape index (κ1) is 37.5. The molecular formula is CuNi3. The van der Waals surface area contributed by atoms with Crippen LogP contribution in [0.15, 0.2) is 0 Å². The minimum Gasteiger partial charge on any atom is 0 e. The maximum atomic E-state index is 0. The Bertz CT molecular complexity index is 3.25. The summed E-state index contributed by atoms with van der Waals surface area (Å²) in [6, 6.07) is 0. The van der Waals surface area contributed by atoms with Crippen molar-refractivity contribution in [3.05, 3.63) is 0 Å². The summed E-state index contributed by atoms with van der Waals surface area (Å²) < 4.78 is 0. The van der Waals surface area contributed by atoms with Gasteiger partial charge in [-0.15, -0.1) is 0 Å². The van der Waals surface area contributed by atoms with Crippen LogP contribution in [0.1, 0.15) is 0 Å². The summed E-state index contributed by atoms with van der Waals surface area (Å²) in [4.78, 5) is 0. The van der Waals surface area contributed by atoms with Crippen LogP contribution in [0.5, 0.6) is 0 Å². The van der Waals surface area contributed by atoms with E-state index in [1.54, 1.807) is 0 Å². The van der Waals surface area contributed by atoms with Crippen molar-refractivity contribution in [1.29, 1.82) is 0 Å². The molecule has 0 aliphatic rings. The molecule has 0 aliphatic heterocycles. The van der Waals surface area contributed by atoms with Crippen molar-refractivity contribution in [3.63, 3.8) is 0 Å². The molecule has 0 heterocycles. The van der Waals surface area contributed by atoms with E-state index >= 15 is 0 Å². The Labute approximate surface area is 66.1 Å². The molecule has 0 aliphatic carbocycles. The maximum Gasteiger partial charge on any atom is 0 e. The van der Waals surface area contributed by atoms with Crippen molar-refractivity contribution in [2.45, 2.75) is 0 Å². The zero-order valence-electron chi connectivity index (χ0n) is 1.25. The standard InChI is InChI=1S/Cu.3Ni. The second kappa shape index (κ2) is 20.0. The van der Waals surface area contributed by atoms with Crippen molar-refractivity contribution < 1.29 is 66.5 Å². The summed E-state index contributed by atoms with van der Waals surface area (Å²) in [7, 11) is 0. The molecule has 41 valence electrons. The first-order valence-corrected chi connectivity index (χ1v) is 0. The van der Waals surface area contributed by atoms with Crippen molar-refractivity contribution in [2.24, 2.45) is 0 Å². The van der Waals surface area contributed by atoms with Crippen LogP contribution >= 0.6 is 0 Å². The first-order chi connectivity index (χ1) is 0. The molecule has 0 spiro atoms. The predicted molar refractivity (Wildman–Crippen MR) is 0 cm³/mol. The molecule has 4 heavy (non-hydrogen) atoms. The molecular weight excluding hydrogens is 240 g/mol. The number of hydrogen-bond donors (Lipinski definition) is 0. The van der Waals surface area contributed by atoms with Crippen LogP contribution < -0.4 is 0 Å². The van der Waals surface area contributed by atoms with E-state index in [0.717, 1.165) is 0 Å². The zero-order chi connectivity index (χ0) is 0. The molecule has 0 N–H and O–H groups in total. The molecule has 1 radical (unpaired) electrons. The molecule has 0 nitrogen and oxygen atoms in total. The average Bonchev–Trinajstić information content (AvgIpc) is 0. The third kappa shape index (κ3) is 9.00. The molecule has 0 bridgehead atoms. The molecule has 0 atom stereocenters. The van der Waals surface area contributed by atoms with E-state index in [0.29, 0.717) is 0 Å². The maximum absolute atomic E-state index is 0. The Morgan fingerprint density at radius 2 is 0.500 bits per heavy atom. The first-order valence-electron chi connectivity index (χ1n) is 0. The average molecular weight is 240 g/mol. The van der Waals surface area contributed by atoms with E-state index < -0.39 is 0 Å². The molecule has 0 aromatic carbocycles. The van der Waals surface area contributed by atoms with Crippen molar-refractivity contribution in [3.8, 4) is 0 Å². The van der Waals surface area contributed by atoms with E-state index in [-0.39, 0.29) is 66.5 Å². The second-order valence-electron chi connectivity index (χ2n) is 0. The molecule has 0 fully saturated rings. The van der Waals surface area contributed by atoms with Gasteiger partial charge in [0, 0.05) is 66.5 Å². The minimum absolute atomic E-state index is 0. The second-order valence-corrected chi connectivity index (χ2v) is 0. The normalized spacial score (nSPS) is 0. The van der Waals surface area contributed by atoms with Gasteiger partial charge in [-0.3, -0.25) is 0 Å². The summed E-state index contributed by atoms with van der Waals surface area (Å²) >= 11 is 0. The van der Waals surface area contributed by atoms with Gasteiger partial charge < -0.3 is 0 Å². The Balaban J connectivity index is 0. The van der Waals surface area contributed by atoms with Gasteiger partial charge in [-0.05, 0) is 0 Å². The smallest absolute Gasteiger partial charge is 0 e. The largest absolute Gasteiger partial charge is 0 e. The fourth-order valence-corrected chi connectivity index (χ4v) is 0. The summed E-state index contributed by atoms with van der Waals surface area (Å²) in [6.07, 6.45) is 0. The Kier molecular flexibility index (Phi) is 188. The van der Waals surface area contributed by atoms with Crippen molar-refractivity contribution >= 4 is 0 Å². The molecule has 0 rings (SSSR count). The van der Waals surface area contributed by atoms with E-state index in [4.69, 9.17) is 0 Å². The quantitative estimate of drug-likeness (QED) is 0.522. The van der Waals surface area contributed by atoms with Gasteiger partial charge >= 0.3 is 0 Å². The van der Waals surface area contributed by atoms with E-state index in [2.05, 4.69) is 0 Å². The fraction of sp³-hybridized carbons (Fsp3) is 0. The van der Waals surface area contributed by atoms with Gasteiger partial charge in [0.05, 0.1) is 0 Å². The fourth-order valence-electron chi connectivity index (χ4n) is 0. The Hall–Kier alpha value is 2.00. The van der Waals surface area contributed by atoms with Gasteiger partial charge in [-0.1, -0.05) is 0 Å². The molecule has 4 heteroatoms. The number of hydrogen-bond acceptors (Lipinski definition) is 0. The van der Waals surface area contributed by atoms with Crippen LogP contribution in [0.3, 0.4) is 0 Å². The topological polar surface area (TPSA) is 0 Å². The van der Waals surface area contributed by atoms with Gasteiger partial charge in [-0.25, -0.2) is 0 Å². The summed E-state index contributed by atoms with van der Waals surface area (Å²) in [5, 5.41) is 0. The van der Waals surface area contributed by atoms with E-state index in [9.17, 15) is 0 Å². The van der Waals surface area contributed by atoms with Crippen LogP contribution in [0.4, 0.5) is 0 Å². The summed E-state index contributed by atoms with van der Waals surface area (Å²) in [5.74, 6) is 0. The van der Waals surface area contributed by atoms with Crippen LogP contribution in [0, 0.1) is 0 Å². The monoisotopic (exact) mass is 237 g/mol. The summed E-state index contributed by atoms with van der Waals surface area (Å²) in [6.45, 7) is 0. The molecule has 0 unspecified atom stereocenters. The van der Waals surface area contributed by atoms with E-state index in [1.807, 2.05) is 0 Å². The van der Waals surface area contributed by atoms with E-state index in [1.165, 1.54) is 0 Å². The van der Waals surface area contributed by atoms with Gasteiger partial charge in [0.2, 0.25) is 0 Å². The Morgan fingerprint density at radius 3 is 0.500 bits per heavy atom. The molecule has 0 aromatic heterocycles. The van der Waals surface area contributed by atoms with Crippen LogP contribution in [0.25, 0.3) is 0 Å². The van der Waals surface area contributed by atoms with Gasteiger partial charge in [0.15, 0.2) is 0 Å². The van der Waals surface area contributed by atoms with Gasteiger partial charge in [0.1, 0.15) is 0 Å². The molecule has 0 aromatic rings. The van der Waals surface area contributed by atoms with Crippen molar-refractivity contribution in [2.75, 3.05) is 0 Å². The van der Waals surface area contributed by atoms with Gasteiger partial charge in [-0.2, -0.15) is 0 Å². The van der Waals surface area contributed by atoms with Crippen LogP contribution in [-0.2, 0) is 66.5 Å². The summed E-state index contributed by atoms with van der Waals surface area (Å²) in [5.41, 5.74) is 0. The minimum atomic E-state index is 0. The molecule has 0 amide bonds. The van der Waals surface area contributed by atoms with Crippen molar-refractivity contribution in [1.82, 2.24) is 0 Å². The third-order valence-corrected chi connectivity index (χ3v) is 0. The Morgan fingerprint density at radius 1 is 0.500 bits per heavy atom. The van der Waals surface area contributed by atoms with Gasteiger partial charge in [0.25, 0.3) is 0 Å². The SMILES string of the molecule is [Cu].[Ni].[Ni].[Ni]. The molecule has 0 saturated heterocycles. The zero-order valence-corrected chi connectivity index (χ0v) is 5.15. The molecule has 0 saturated carbocycles. The number of rotatable bonds is 0. The van der Waals surface area contributed by atoms with Crippen LogP contribution in [-0.4, -0.2) is 0 Å². The predicted octanol–water partition coefficient (Wildman–Crippen LogP) is -0.0100.